The standard InChI is InChI=1S/C60H117NO5/c1-3-5-7-9-11-13-15-34-38-42-46-50-54-60(65)66-55-51-47-43-39-35-31-29-27-25-23-21-19-17-16-18-20-22-24-26-28-30-33-37-41-45-49-53-59(64)61-57(56-62)58(63)52-48-44-40-36-32-14-12-10-8-6-4-2/h16,18,57-58,62-63H,3-15,17,19-56H2,1-2H3,(H,61,64)/b18-16-. The van der Waals surface area contributed by atoms with E-state index in [0.717, 1.165) is 38.5 Å². The predicted octanol–water partition coefficient (Wildman–Crippen LogP) is 18.5. The normalized spacial score (nSPS) is 12.6. The average molecular weight is 933 g/mol. The van der Waals surface area contributed by atoms with Crippen LogP contribution in [-0.2, 0) is 14.3 Å². The van der Waals surface area contributed by atoms with E-state index >= 15 is 0 Å². The van der Waals surface area contributed by atoms with Crippen molar-refractivity contribution in [2.75, 3.05) is 13.2 Å². The molecule has 2 atom stereocenters. The number of amides is 1. The summed E-state index contributed by atoms with van der Waals surface area (Å²) in [5.74, 6) is -0.0212. The van der Waals surface area contributed by atoms with Crippen LogP contribution in [0.4, 0.5) is 0 Å². The summed E-state index contributed by atoms with van der Waals surface area (Å²) in [4.78, 5) is 24.4. The van der Waals surface area contributed by atoms with Crippen molar-refractivity contribution in [1.29, 1.82) is 0 Å². The van der Waals surface area contributed by atoms with Gasteiger partial charge in [-0.3, -0.25) is 9.59 Å². The molecular weight excluding hydrogens is 815 g/mol. The molecule has 6 heteroatoms. The molecule has 0 fully saturated rings. The monoisotopic (exact) mass is 932 g/mol. The van der Waals surface area contributed by atoms with Gasteiger partial charge in [0.05, 0.1) is 25.4 Å². The minimum Gasteiger partial charge on any atom is -0.466 e. The maximum Gasteiger partial charge on any atom is 0.305 e. The molecule has 0 aromatic heterocycles. The quantitative estimate of drug-likeness (QED) is 0.0321. The SMILES string of the molecule is CCCCCCCCCCCCCCC(=O)OCCCCCCCCCCCCCC/C=C\CCCCCCCCCCCCC(=O)NC(CO)C(O)CCCCCCCCCCCCC. The van der Waals surface area contributed by atoms with Gasteiger partial charge in [0, 0.05) is 12.8 Å². The molecule has 0 aliphatic heterocycles. The number of hydrogen-bond donors (Lipinski definition) is 3. The topological polar surface area (TPSA) is 95.9 Å². The van der Waals surface area contributed by atoms with Crippen LogP contribution in [0.15, 0.2) is 12.2 Å². The molecule has 0 spiro atoms. The Hall–Kier alpha value is -1.40. The summed E-state index contributed by atoms with van der Waals surface area (Å²) in [5, 5.41) is 23.2. The third kappa shape index (κ3) is 52.0. The van der Waals surface area contributed by atoms with Gasteiger partial charge < -0.3 is 20.3 Å². The summed E-state index contributed by atoms with van der Waals surface area (Å²) in [6, 6.07) is -0.540. The van der Waals surface area contributed by atoms with Crippen LogP contribution in [0.3, 0.4) is 0 Å². The van der Waals surface area contributed by atoms with Crippen molar-refractivity contribution in [2.45, 2.75) is 347 Å². The minimum atomic E-state index is -0.663. The molecule has 392 valence electrons. The smallest absolute Gasteiger partial charge is 0.305 e. The van der Waals surface area contributed by atoms with Gasteiger partial charge in [0.15, 0.2) is 0 Å². The zero-order valence-electron chi connectivity index (χ0n) is 44.7. The number of carbonyl (C=O) groups is 2. The molecule has 1 amide bonds. The van der Waals surface area contributed by atoms with Crippen molar-refractivity contribution in [1.82, 2.24) is 5.32 Å². The van der Waals surface area contributed by atoms with Gasteiger partial charge in [-0.05, 0) is 51.4 Å². The van der Waals surface area contributed by atoms with Crippen LogP contribution < -0.4 is 5.32 Å². The number of esters is 1. The lowest BCUT2D eigenvalue weighted by Gasteiger charge is -2.22. The first kappa shape index (κ1) is 64.6. The fourth-order valence-electron chi connectivity index (χ4n) is 9.46. The molecule has 0 aliphatic rings. The van der Waals surface area contributed by atoms with Crippen LogP contribution in [0.1, 0.15) is 335 Å². The van der Waals surface area contributed by atoms with Crippen molar-refractivity contribution < 1.29 is 24.5 Å². The summed E-state index contributed by atoms with van der Waals surface area (Å²) in [6.45, 7) is 4.96. The van der Waals surface area contributed by atoms with E-state index in [9.17, 15) is 19.8 Å². The van der Waals surface area contributed by atoms with Gasteiger partial charge in [0.25, 0.3) is 0 Å². The Balaban J connectivity index is 3.36. The van der Waals surface area contributed by atoms with E-state index < -0.39 is 12.1 Å². The van der Waals surface area contributed by atoms with Crippen LogP contribution in [-0.4, -0.2) is 47.4 Å². The number of ether oxygens (including phenoxy) is 1. The van der Waals surface area contributed by atoms with Crippen molar-refractivity contribution in [3.63, 3.8) is 0 Å². The van der Waals surface area contributed by atoms with Gasteiger partial charge >= 0.3 is 5.97 Å². The number of unbranched alkanes of at least 4 members (excludes halogenated alkanes) is 43. The number of rotatable bonds is 56. The highest BCUT2D eigenvalue weighted by atomic mass is 16.5. The first-order valence-electron chi connectivity index (χ1n) is 29.9. The molecule has 66 heavy (non-hydrogen) atoms. The van der Waals surface area contributed by atoms with E-state index in [2.05, 4.69) is 31.3 Å². The largest absolute Gasteiger partial charge is 0.466 e. The maximum atomic E-state index is 12.4. The molecule has 0 saturated heterocycles. The Morgan fingerprint density at radius 3 is 1.08 bits per heavy atom. The fourth-order valence-corrected chi connectivity index (χ4v) is 9.46. The Labute approximate surface area is 412 Å². The summed E-state index contributed by atoms with van der Waals surface area (Å²) in [6.07, 6.45) is 66.5. The highest BCUT2D eigenvalue weighted by Crippen LogP contribution is 2.17. The predicted molar refractivity (Wildman–Crippen MR) is 287 cm³/mol. The molecule has 0 aromatic carbocycles. The zero-order valence-corrected chi connectivity index (χ0v) is 44.7. The molecule has 6 nitrogen and oxygen atoms in total. The Bertz CT molecular complexity index is 986. The Morgan fingerprint density at radius 2 is 0.712 bits per heavy atom. The van der Waals surface area contributed by atoms with Crippen LogP contribution in [0.25, 0.3) is 0 Å². The van der Waals surface area contributed by atoms with E-state index in [1.54, 1.807) is 0 Å². The number of allylic oxidation sites excluding steroid dienone is 2. The Morgan fingerprint density at radius 1 is 0.409 bits per heavy atom. The zero-order chi connectivity index (χ0) is 47.9. The van der Waals surface area contributed by atoms with E-state index in [-0.39, 0.29) is 18.5 Å². The molecule has 0 bridgehead atoms. The number of aliphatic hydroxyl groups excluding tert-OH is 2. The number of aliphatic hydroxyl groups is 2. The van der Waals surface area contributed by atoms with Crippen molar-refractivity contribution >= 4 is 11.9 Å². The van der Waals surface area contributed by atoms with Crippen molar-refractivity contribution in [3.05, 3.63) is 12.2 Å². The lowest BCUT2D eigenvalue weighted by molar-refractivity contribution is -0.143. The first-order chi connectivity index (χ1) is 32.5. The highest BCUT2D eigenvalue weighted by molar-refractivity contribution is 5.76. The molecule has 3 N–H and O–H groups in total. The summed E-state index contributed by atoms with van der Waals surface area (Å²) < 4.78 is 5.47. The average Bonchev–Trinajstić information content (AvgIpc) is 3.32. The third-order valence-electron chi connectivity index (χ3n) is 14.1. The second kappa shape index (κ2) is 56.2. The van der Waals surface area contributed by atoms with Crippen LogP contribution in [0.2, 0.25) is 0 Å². The minimum absolute atomic E-state index is 0.0153. The lowest BCUT2D eigenvalue weighted by atomic mass is 10.0. The first-order valence-corrected chi connectivity index (χ1v) is 29.9. The van der Waals surface area contributed by atoms with Gasteiger partial charge in [-0.25, -0.2) is 0 Å². The molecule has 2 unspecified atom stereocenters. The summed E-state index contributed by atoms with van der Waals surface area (Å²) >= 11 is 0. The molecular formula is C60H117NO5. The van der Waals surface area contributed by atoms with Gasteiger partial charge in [0.2, 0.25) is 5.91 Å². The second-order valence-electron chi connectivity index (χ2n) is 20.7. The Kier molecular flexibility index (Phi) is 55.0. The lowest BCUT2D eigenvalue weighted by Crippen LogP contribution is -2.45. The number of nitrogens with one attached hydrogen (secondary N) is 1. The van der Waals surface area contributed by atoms with Crippen LogP contribution in [0.5, 0.6) is 0 Å². The summed E-state index contributed by atoms with van der Waals surface area (Å²) in [7, 11) is 0. The van der Waals surface area contributed by atoms with Gasteiger partial charge in [-0.1, -0.05) is 283 Å². The molecule has 0 aromatic rings. The summed E-state index contributed by atoms with van der Waals surface area (Å²) in [5.41, 5.74) is 0. The maximum absolute atomic E-state index is 12.4. The number of hydrogen-bond acceptors (Lipinski definition) is 5. The van der Waals surface area contributed by atoms with Gasteiger partial charge in [-0.2, -0.15) is 0 Å². The van der Waals surface area contributed by atoms with Gasteiger partial charge in [-0.15, -0.1) is 0 Å². The fraction of sp³-hybridized carbons (Fsp3) is 0.933. The van der Waals surface area contributed by atoms with E-state index in [0.29, 0.717) is 25.9 Å². The third-order valence-corrected chi connectivity index (χ3v) is 14.1. The molecule has 0 heterocycles. The molecule has 0 rings (SSSR count). The van der Waals surface area contributed by atoms with Crippen LogP contribution in [0, 0.1) is 0 Å². The van der Waals surface area contributed by atoms with E-state index in [1.807, 2.05) is 0 Å². The van der Waals surface area contributed by atoms with E-state index in [1.165, 1.54) is 263 Å². The highest BCUT2D eigenvalue weighted by Gasteiger charge is 2.20. The van der Waals surface area contributed by atoms with Crippen molar-refractivity contribution in [2.24, 2.45) is 0 Å². The van der Waals surface area contributed by atoms with E-state index in [4.69, 9.17) is 4.74 Å². The van der Waals surface area contributed by atoms with Crippen molar-refractivity contribution in [3.8, 4) is 0 Å². The second-order valence-corrected chi connectivity index (χ2v) is 20.7. The molecule has 0 aliphatic carbocycles. The number of carbonyl (C=O) groups excluding carboxylic acids is 2. The molecule has 0 radical (unpaired) electrons. The van der Waals surface area contributed by atoms with Gasteiger partial charge in [0.1, 0.15) is 0 Å². The molecule has 0 saturated carbocycles. The van der Waals surface area contributed by atoms with Crippen LogP contribution >= 0.6 is 0 Å².